The Labute approximate surface area is 188 Å². The maximum Gasteiger partial charge on any atom is 0.266 e. The minimum Gasteiger partial charge on any atom is -0.539 e. The number of hydrogen-bond acceptors (Lipinski definition) is 9. The number of amides is 1. The first-order valence-electron chi connectivity index (χ1n) is 8.21. The van der Waals surface area contributed by atoms with Gasteiger partial charge in [0.05, 0.1) is 22.2 Å². The van der Waals surface area contributed by atoms with Gasteiger partial charge in [0.15, 0.2) is 13.0 Å². The zero-order valence-corrected chi connectivity index (χ0v) is 18.3. The fraction of sp³-hybridized carbons (Fsp3) is 0.111. The predicted octanol–water partition coefficient (Wildman–Crippen LogP) is 1.30. The number of nitrogen functional groups attached to an aromatic ring is 1. The Hall–Kier alpha value is -3.36. The van der Waals surface area contributed by atoms with Gasteiger partial charge >= 0.3 is 0 Å². The van der Waals surface area contributed by atoms with Gasteiger partial charge in [-0.25, -0.2) is 4.98 Å². The summed E-state index contributed by atoms with van der Waals surface area (Å²) in [4.78, 5) is 16.4. The van der Waals surface area contributed by atoms with Gasteiger partial charge in [0.2, 0.25) is 5.91 Å². The summed E-state index contributed by atoms with van der Waals surface area (Å²) >= 11 is 3.12. The third kappa shape index (κ3) is 4.29. The van der Waals surface area contributed by atoms with Gasteiger partial charge < -0.3 is 20.7 Å². The molecule has 30 heavy (non-hydrogen) atoms. The molecule has 150 valence electrons. The number of pyridine rings is 1. The van der Waals surface area contributed by atoms with Crippen LogP contribution in [-0.2, 0) is 11.8 Å². The van der Waals surface area contributed by atoms with Crippen LogP contribution in [0.2, 0.25) is 0 Å². The molecule has 0 bridgehead atoms. The van der Waals surface area contributed by atoms with E-state index in [2.05, 4.69) is 42.7 Å². The molecule has 3 N–H and O–H groups in total. The molecule has 0 aliphatic heterocycles. The molecule has 2 aromatic heterocycles. The molecule has 3 rings (SSSR count). The number of hydrogen-bond donors (Lipinski definition) is 2. The van der Waals surface area contributed by atoms with Crippen LogP contribution in [0.3, 0.4) is 0 Å². The number of nitrogens with zero attached hydrogens (tertiary/aromatic N) is 5. The Morgan fingerprint density at radius 2 is 2.00 bits per heavy atom. The van der Waals surface area contributed by atoms with Gasteiger partial charge in [0.25, 0.3) is 5.69 Å². The number of thioether (sulfide) groups is 1. The van der Waals surface area contributed by atoms with Crippen molar-refractivity contribution in [1.29, 1.82) is 10.5 Å². The second kappa shape index (κ2) is 8.98. The summed E-state index contributed by atoms with van der Waals surface area (Å²) in [6.45, 7) is 0. The maximum absolute atomic E-state index is 12.3. The van der Waals surface area contributed by atoms with Gasteiger partial charge in [0, 0.05) is 9.26 Å². The number of nitrogens with one attached hydrogen (secondary N) is 1. The summed E-state index contributed by atoms with van der Waals surface area (Å²) < 4.78 is 6.75. The van der Waals surface area contributed by atoms with Gasteiger partial charge in [-0.3, -0.25) is 4.79 Å². The van der Waals surface area contributed by atoms with Gasteiger partial charge in [-0.05, 0) is 46.9 Å². The summed E-state index contributed by atoms with van der Waals surface area (Å²) in [5.41, 5.74) is 6.17. The highest BCUT2D eigenvalue weighted by molar-refractivity contribution is 14.1. The molecule has 0 spiro atoms. The Balaban J connectivity index is 1.94. The third-order valence-corrected chi connectivity index (χ3v) is 5.58. The molecule has 1 aromatic carbocycles. The number of aryl methyl sites for hydroxylation is 1. The number of benzene rings is 1. The maximum atomic E-state index is 12.3. The first kappa shape index (κ1) is 21.4. The molecule has 3 aromatic rings. The molecule has 0 fully saturated rings. The Bertz CT molecular complexity index is 1190. The van der Waals surface area contributed by atoms with Crippen LogP contribution in [0.15, 0.2) is 33.8 Å². The van der Waals surface area contributed by atoms with Crippen molar-refractivity contribution < 1.29 is 19.1 Å². The van der Waals surface area contributed by atoms with Gasteiger partial charge in [-0.1, -0.05) is 16.4 Å². The fourth-order valence-electron chi connectivity index (χ4n) is 2.58. The van der Waals surface area contributed by atoms with Crippen LogP contribution in [0, 0.1) is 26.2 Å². The van der Waals surface area contributed by atoms with Crippen LogP contribution in [0.1, 0.15) is 11.1 Å². The predicted molar refractivity (Wildman–Crippen MR) is 113 cm³/mol. The summed E-state index contributed by atoms with van der Waals surface area (Å²) in [7, 11) is 1.43. The molecule has 0 atom stereocenters. The number of halogens is 1. The van der Waals surface area contributed by atoms with Crippen molar-refractivity contribution in [3.8, 4) is 29.3 Å². The van der Waals surface area contributed by atoms with Crippen LogP contribution in [-0.4, -0.2) is 21.9 Å². The Morgan fingerprint density at radius 1 is 1.33 bits per heavy atom. The number of carbonyl (C=O) groups is 1. The minimum absolute atomic E-state index is 0.0261. The lowest BCUT2D eigenvalue weighted by Crippen LogP contribution is -2.32. The van der Waals surface area contributed by atoms with Crippen LogP contribution in [0.5, 0.6) is 5.95 Å². The van der Waals surface area contributed by atoms with Crippen molar-refractivity contribution in [1.82, 2.24) is 10.3 Å². The zero-order chi connectivity index (χ0) is 21.8. The number of anilines is 2. The van der Waals surface area contributed by atoms with Crippen LogP contribution >= 0.6 is 34.4 Å². The smallest absolute Gasteiger partial charge is 0.266 e. The van der Waals surface area contributed by atoms with E-state index in [1.807, 2.05) is 24.3 Å². The summed E-state index contributed by atoms with van der Waals surface area (Å²) in [5.74, 6) is -1.40. The SMILES string of the molecule is C[n+]1noc([O-])c1-c1c(C#N)c(N)nc(SCC(=O)Nc2ccc(I)cc2)c1C#N. The molecule has 0 aliphatic carbocycles. The third-order valence-electron chi connectivity index (χ3n) is 3.88. The summed E-state index contributed by atoms with van der Waals surface area (Å²) in [6.07, 6.45) is 0. The number of nitrogens with two attached hydrogens (primary N) is 1. The van der Waals surface area contributed by atoms with Crippen LogP contribution in [0.25, 0.3) is 11.3 Å². The number of nitriles is 2. The zero-order valence-electron chi connectivity index (χ0n) is 15.3. The van der Waals surface area contributed by atoms with Gasteiger partial charge in [0.1, 0.15) is 28.5 Å². The van der Waals surface area contributed by atoms with E-state index in [-0.39, 0.29) is 44.9 Å². The standard InChI is InChI=1S/C18H12IN7O3S/c1-26-15(18(28)29-25-26)14-11(6-20)16(22)24-17(12(14)7-21)30-8-13(27)23-10-4-2-9(19)3-5-10/h2-5H,8H2,1H3,(H3-,22,23,24,25,27,28). The normalized spacial score (nSPS) is 10.3. The topological polar surface area (TPSA) is 169 Å². The van der Waals surface area contributed by atoms with Crippen molar-refractivity contribution >= 4 is 51.8 Å². The average Bonchev–Trinajstić information content (AvgIpc) is 3.05. The lowest BCUT2D eigenvalue weighted by Gasteiger charge is -2.11. The lowest BCUT2D eigenvalue weighted by atomic mass is 10.0. The summed E-state index contributed by atoms with van der Waals surface area (Å²) in [6, 6.07) is 11.0. The van der Waals surface area contributed by atoms with Crippen molar-refractivity contribution in [2.45, 2.75) is 5.03 Å². The van der Waals surface area contributed by atoms with Crippen molar-refractivity contribution in [2.75, 3.05) is 16.8 Å². The highest BCUT2D eigenvalue weighted by atomic mass is 127. The van der Waals surface area contributed by atoms with E-state index in [1.165, 1.54) is 7.05 Å². The largest absolute Gasteiger partial charge is 0.539 e. The second-order valence-electron chi connectivity index (χ2n) is 5.83. The van der Waals surface area contributed by atoms with Crippen molar-refractivity contribution in [3.63, 3.8) is 0 Å². The molecule has 0 unspecified atom stereocenters. The molecule has 10 nitrogen and oxygen atoms in total. The average molecular weight is 533 g/mol. The summed E-state index contributed by atoms with van der Waals surface area (Å²) in [5, 5.41) is 37.6. The van der Waals surface area contributed by atoms with Crippen LogP contribution < -0.4 is 20.8 Å². The molecular formula is C18H12IN7O3S. The molecular weight excluding hydrogens is 521 g/mol. The molecule has 2 heterocycles. The van der Waals surface area contributed by atoms with Gasteiger partial charge in [-0.2, -0.15) is 10.5 Å². The van der Waals surface area contributed by atoms with E-state index in [1.54, 1.807) is 12.1 Å². The number of carbonyl (C=O) groups excluding carboxylic acids is 1. The van der Waals surface area contributed by atoms with Crippen molar-refractivity contribution in [3.05, 3.63) is 39.0 Å². The molecule has 0 aliphatic rings. The Kier molecular flexibility index (Phi) is 6.39. The highest BCUT2D eigenvalue weighted by Gasteiger charge is 2.29. The molecule has 0 saturated carbocycles. The molecule has 0 saturated heterocycles. The molecule has 0 radical (unpaired) electrons. The minimum atomic E-state index is -0.830. The van der Waals surface area contributed by atoms with E-state index in [0.29, 0.717) is 5.69 Å². The second-order valence-corrected chi connectivity index (χ2v) is 8.04. The van der Waals surface area contributed by atoms with E-state index < -0.39 is 5.95 Å². The van der Waals surface area contributed by atoms with E-state index in [9.17, 15) is 20.4 Å². The molecule has 12 heteroatoms. The quantitative estimate of drug-likeness (QED) is 0.279. The fourth-order valence-corrected chi connectivity index (χ4v) is 3.74. The van der Waals surface area contributed by atoms with Crippen LogP contribution in [0.4, 0.5) is 11.5 Å². The van der Waals surface area contributed by atoms with E-state index in [0.717, 1.165) is 20.0 Å². The monoisotopic (exact) mass is 533 g/mol. The number of rotatable bonds is 5. The Morgan fingerprint density at radius 3 is 2.57 bits per heavy atom. The lowest BCUT2D eigenvalue weighted by molar-refractivity contribution is -0.730. The molecule has 1 amide bonds. The first-order valence-corrected chi connectivity index (χ1v) is 10.3. The van der Waals surface area contributed by atoms with Gasteiger partial charge in [-0.15, -0.1) is 0 Å². The first-order chi connectivity index (χ1) is 14.3. The van der Waals surface area contributed by atoms with Crippen molar-refractivity contribution in [2.24, 2.45) is 7.05 Å². The number of aromatic nitrogens is 3. The highest BCUT2D eigenvalue weighted by Crippen LogP contribution is 2.36. The van der Waals surface area contributed by atoms with E-state index in [4.69, 9.17) is 5.73 Å². The van der Waals surface area contributed by atoms with E-state index >= 15 is 0 Å².